The molecule has 2 atom stereocenters. The van der Waals surface area contributed by atoms with Gasteiger partial charge in [0.2, 0.25) is 5.91 Å². The first-order valence-corrected chi connectivity index (χ1v) is 8.59. The maximum atomic E-state index is 12.4. The Kier molecular flexibility index (Phi) is 4.02. The molecule has 3 N–H and O–H groups in total. The summed E-state index contributed by atoms with van der Waals surface area (Å²) in [5, 5.41) is 15.2. The van der Waals surface area contributed by atoms with Gasteiger partial charge in [0.25, 0.3) is 0 Å². The molecule has 0 aromatic carbocycles. The topological polar surface area (TPSA) is 110 Å². The van der Waals surface area contributed by atoms with E-state index >= 15 is 0 Å². The second-order valence-electron chi connectivity index (χ2n) is 5.74. The molecule has 1 aliphatic carbocycles. The van der Waals surface area contributed by atoms with Crippen molar-refractivity contribution < 1.29 is 4.79 Å². The first kappa shape index (κ1) is 14.7. The Morgan fingerprint density at radius 1 is 1.48 bits per heavy atom. The number of hydrogen-bond acceptors (Lipinski definition) is 8. The van der Waals surface area contributed by atoms with E-state index in [9.17, 15) is 4.79 Å². The van der Waals surface area contributed by atoms with Crippen molar-refractivity contribution in [2.24, 2.45) is 5.92 Å². The van der Waals surface area contributed by atoms with Gasteiger partial charge in [-0.05, 0) is 29.7 Å². The monoisotopic (exact) mass is 334 g/mol. The number of thiazole rings is 1. The molecule has 2 unspecified atom stereocenters. The van der Waals surface area contributed by atoms with Crippen LogP contribution in [-0.4, -0.2) is 44.2 Å². The minimum atomic E-state index is -0.270. The molecule has 2 aliphatic rings. The van der Waals surface area contributed by atoms with Gasteiger partial charge in [-0.2, -0.15) is 0 Å². The summed E-state index contributed by atoms with van der Waals surface area (Å²) in [6, 6.07) is 0. The molecule has 9 nitrogen and oxygen atoms in total. The van der Waals surface area contributed by atoms with Gasteiger partial charge >= 0.3 is 0 Å². The quantitative estimate of drug-likeness (QED) is 0.657. The van der Waals surface area contributed by atoms with E-state index in [2.05, 4.69) is 36.7 Å². The van der Waals surface area contributed by atoms with Gasteiger partial charge in [-0.15, -0.1) is 16.4 Å². The van der Waals surface area contributed by atoms with Crippen LogP contribution in [0.3, 0.4) is 0 Å². The fourth-order valence-electron chi connectivity index (χ4n) is 3.04. The van der Waals surface area contributed by atoms with Gasteiger partial charge in [0, 0.05) is 24.4 Å². The molecule has 0 radical (unpaired) electrons. The van der Waals surface area contributed by atoms with Gasteiger partial charge in [-0.3, -0.25) is 10.2 Å². The largest absolute Gasteiger partial charge is 0.355 e. The standard InChI is InChI=1S/C13H18N8OS/c22-13(8-6-15-18-12(8)21-7-16-19-20-21)14-5-4-11-17-9-2-1-3-10(9)23-11/h7-8,12,15,18H,1-6H2,(H,14,22). The van der Waals surface area contributed by atoms with Crippen molar-refractivity contribution in [3.63, 3.8) is 0 Å². The van der Waals surface area contributed by atoms with Gasteiger partial charge < -0.3 is 5.32 Å². The number of nitrogens with zero attached hydrogens (tertiary/aromatic N) is 5. The summed E-state index contributed by atoms with van der Waals surface area (Å²) < 4.78 is 1.55. The average Bonchev–Trinajstić information content (AvgIpc) is 3.29. The third kappa shape index (κ3) is 2.96. The molecule has 122 valence electrons. The Balaban J connectivity index is 1.31. The number of tetrazole rings is 1. The number of carbonyl (C=O) groups is 1. The fraction of sp³-hybridized carbons (Fsp3) is 0.615. The van der Waals surface area contributed by atoms with Crippen molar-refractivity contribution in [3.05, 3.63) is 21.9 Å². The zero-order chi connectivity index (χ0) is 15.6. The van der Waals surface area contributed by atoms with Crippen LogP contribution in [0.15, 0.2) is 6.33 Å². The molecule has 1 fully saturated rings. The van der Waals surface area contributed by atoms with Gasteiger partial charge in [0.1, 0.15) is 12.5 Å². The lowest BCUT2D eigenvalue weighted by Gasteiger charge is -2.17. The molecule has 2 aromatic rings. The Morgan fingerprint density at radius 2 is 2.43 bits per heavy atom. The predicted molar refractivity (Wildman–Crippen MR) is 82.3 cm³/mol. The predicted octanol–water partition coefficient (Wildman–Crippen LogP) is -0.800. The lowest BCUT2D eigenvalue weighted by molar-refractivity contribution is -0.125. The first-order valence-electron chi connectivity index (χ1n) is 7.77. The summed E-state index contributed by atoms with van der Waals surface area (Å²) in [6.07, 6.45) is 5.51. The van der Waals surface area contributed by atoms with Crippen LogP contribution >= 0.6 is 11.3 Å². The Morgan fingerprint density at radius 3 is 3.26 bits per heavy atom. The van der Waals surface area contributed by atoms with Crippen molar-refractivity contribution in [3.8, 4) is 0 Å². The van der Waals surface area contributed by atoms with Crippen LogP contribution in [0.25, 0.3) is 0 Å². The number of aryl methyl sites for hydroxylation is 2. The first-order chi connectivity index (χ1) is 11.3. The summed E-state index contributed by atoms with van der Waals surface area (Å²) in [4.78, 5) is 18.5. The van der Waals surface area contributed by atoms with E-state index in [1.54, 1.807) is 16.0 Å². The zero-order valence-electron chi connectivity index (χ0n) is 12.5. The third-order valence-electron chi connectivity index (χ3n) is 4.22. The summed E-state index contributed by atoms with van der Waals surface area (Å²) in [7, 11) is 0. The number of hydrogen-bond donors (Lipinski definition) is 3. The summed E-state index contributed by atoms with van der Waals surface area (Å²) in [5.74, 6) is -0.258. The lowest BCUT2D eigenvalue weighted by Crippen LogP contribution is -2.38. The molecule has 0 bridgehead atoms. The molecular formula is C13H18N8OS. The Bertz CT molecular complexity index is 663. The number of fused-ring (bicyclic) bond motifs is 1. The van der Waals surface area contributed by atoms with Crippen molar-refractivity contribution in [1.29, 1.82) is 0 Å². The van der Waals surface area contributed by atoms with Crippen LogP contribution in [0.5, 0.6) is 0 Å². The van der Waals surface area contributed by atoms with Gasteiger partial charge in [-0.25, -0.2) is 15.1 Å². The van der Waals surface area contributed by atoms with Gasteiger partial charge in [0.05, 0.1) is 16.6 Å². The van der Waals surface area contributed by atoms with Crippen LogP contribution in [0.1, 0.15) is 28.2 Å². The molecule has 3 heterocycles. The van der Waals surface area contributed by atoms with E-state index in [0.29, 0.717) is 13.1 Å². The van der Waals surface area contributed by atoms with Crippen LogP contribution < -0.4 is 16.2 Å². The third-order valence-corrected chi connectivity index (χ3v) is 5.43. The minimum Gasteiger partial charge on any atom is -0.355 e. The highest BCUT2D eigenvalue weighted by atomic mass is 32.1. The number of carbonyl (C=O) groups excluding carboxylic acids is 1. The lowest BCUT2D eigenvalue weighted by atomic mass is 10.1. The van der Waals surface area contributed by atoms with Crippen LogP contribution in [-0.2, 0) is 24.1 Å². The maximum absolute atomic E-state index is 12.4. The fourth-order valence-corrected chi connectivity index (χ4v) is 4.20. The van der Waals surface area contributed by atoms with Crippen molar-refractivity contribution in [2.75, 3.05) is 13.1 Å². The second-order valence-corrected chi connectivity index (χ2v) is 6.91. The molecule has 23 heavy (non-hydrogen) atoms. The van der Waals surface area contributed by atoms with E-state index < -0.39 is 0 Å². The molecule has 1 aliphatic heterocycles. The normalized spacial score (nSPS) is 23.1. The van der Waals surface area contributed by atoms with E-state index in [-0.39, 0.29) is 18.0 Å². The van der Waals surface area contributed by atoms with E-state index in [1.807, 2.05) is 0 Å². The average molecular weight is 334 g/mol. The van der Waals surface area contributed by atoms with Crippen molar-refractivity contribution >= 4 is 17.2 Å². The highest BCUT2D eigenvalue weighted by molar-refractivity contribution is 7.11. The number of amides is 1. The molecule has 10 heteroatoms. The van der Waals surface area contributed by atoms with Gasteiger partial charge in [-0.1, -0.05) is 0 Å². The molecule has 4 rings (SSSR count). The van der Waals surface area contributed by atoms with Crippen LogP contribution in [0.4, 0.5) is 0 Å². The number of hydrazine groups is 1. The highest BCUT2D eigenvalue weighted by Gasteiger charge is 2.34. The molecule has 1 saturated heterocycles. The van der Waals surface area contributed by atoms with Crippen molar-refractivity contribution in [1.82, 2.24) is 41.4 Å². The summed E-state index contributed by atoms with van der Waals surface area (Å²) in [6.45, 7) is 1.14. The minimum absolute atomic E-state index is 0.00732. The molecule has 2 aromatic heterocycles. The Hall–Kier alpha value is -1.91. The summed E-state index contributed by atoms with van der Waals surface area (Å²) >= 11 is 1.79. The maximum Gasteiger partial charge on any atom is 0.228 e. The van der Waals surface area contributed by atoms with Crippen LogP contribution in [0.2, 0.25) is 0 Å². The van der Waals surface area contributed by atoms with Crippen LogP contribution in [0, 0.1) is 5.92 Å². The van der Waals surface area contributed by atoms with E-state index in [1.165, 1.54) is 23.3 Å². The van der Waals surface area contributed by atoms with E-state index in [0.717, 1.165) is 24.3 Å². The van der Waals surface area contributed by atoms with E-state index in [4.69, 9.17) is 0 Å². The summed E-state index contributed by atoms with van der Waals surface area (Å²) in [5.41, 5.74) is 7.27. The SMILES string of the molecule is O=C(NCCc1nc2c(s1)CCC2)C1CNNC1n1cnnn1. The molecule has 0 saturated carbocycles. The zero-order valence-corrected chi connectivity index (χ0v) is 13.3. The molecule has 0 spiro atoms. The Labute approximate surface area is 136 Å². The van der Waals surface area contributed by atoms with Gasteiger partial charge in [0.15, 0.2) is 0 Å². The molecular weight excluding hydrogens is 316 g/mol. The number of nitrogens with one attached hydrogen (secondary N) is 3. The van der Waals surface area contributed by atoms with Crippen molar-refractivity contribution in [2.45, 2.75) is 31.8 Å². The second kappa shape index (κ2) is 6.30. The smallest absolute Gasteiger partial charge is 0.228 e. The number of aromatic nitrogens is 5. The molecule has 1 amide bonds. The highest BCUT2D eigenvalue weighted by Crippen LogP contribution is 2.27. The number of rotatable bonds is 5.